The van der Waals surface area contributed by atoms with Crippen molar-refractivity contribution in [2.45, 2.75) is 18.4 Å². The summed E-state index contributed by atoms with van der Waals surface area (Å²) < 4.78 is 10.7. The van der Waals surface area contributed by atoms with Gasteiger partial charge in [-0.15, -0.1) is 0 Å². The zero-order chi connectivity index (χ0) is 14.4. The molecule has 6 heteroatoms. The first-order valence-corrected chi connectivity index (χ1v) is 7.20. The molecule has 1 N–H and O–H groups in total. The first kappa shape index (κ1) is 12.6. The summed E-state index contributed by atoms with van der Waals surface area (Å²) in [6, 6.07) is 6.02. The van der Waals surface area contributed by atoms with E-state index in [1.165, 1.54) is 0 Å². The van der Waals surface area contributed by atoms with Crippen LogP contribution in [-0.2, 0) is 26.3 Å². The number of fused-ring (bicyclic) bond motifs is 2. The van der Waals surface area contributed by atoms with E-state index in [9.17, 15) is 9.59 Å². The van der Waals surface area contributed by atoms with Crippen molar-refractivity contribution in [1.29, 1.82) is 0 Å². The number of nitrogens with one attached hydrogen (secondary N) is 1. The number of benzene rings is 1. The molecule has 1 aromatic rings. The lowest BCUT2D eigenvalue weighted by Gasteiger charge is -2.29. The van der Waals surface area contributed by atoms with Crippen LogP contribution < -0.4 is 10.2 Å². The number of ether oxygens (including phenoxy) is 2. The molecule has 2 heterocycles. The molecule has 110 valence electrons. The van der Waals surface area contributed by atoms with Crippen LogP contribution in [0.2, 0.25) is 0 Å². The molecule has 6 nitrogen and oxygen atoms in total. The lowest BCUT2D eigenvalue weighted by Crippen LogP contribution is -2.36. The molecule has 21 heavy (non-hydrogen) atoms. The molecule has 1 aliphatic carbocycles. The molecule has 0 radical (unpaired) electrons. The zero-order valence-electron chi connectivity index (χ0n) is 11.6. The molecule has 0 bridgehead atoms. The number of imide groups is 1. The van der Waals surface area contributed by atoms with Crippen LogP contribution in [0.4, 0.5) is 10.5 Å². The quantitative estimate of drug-likeness (QED) is 0.832. The highest BCUT2D eigenvalue weighted by atomic mass is 16.6. The summed E-state index contributed by atoms with van der Waals surface area (Å²) in [5.41, 5.74) is 1.95. The van der Waals surface area contributed by atoms with Crippen LogP contribution >= 0.6 is 0 Å². The number of anilines is 1. The van der Waals surface area contributed by atoms with Gasteiger partial charge in [0.1, 0.15) is 0 Å². The molecule has 4 rings (SSSR count). The van der Waals surface area contributed by atoms with Crippen molar-refractivity contribution >= 4 is 17.7 Å². The average molecular weight is 288 g/mol. The highest BCUT2D eigenvalue weighted by Crippen LogP contribution is 2.43. The number of hydrogen-bond donors (Lipinski definition) is 1. The predicted molar refractivity (Wildman–Crippen MR) is 74.1 cm³/mol. The van der Waals surface area contributed by atoms with Crippen molar-refractivity contribution < 1.29 is 19.1 Å². The van der Waals surface area contributed by atoms with Gasteiger partial charge in [0.2, 0.25) is 5.60 Å². The zero-order valence-corrected chi connectivity index (χ0v) is 11.6. The summed E-state index contributed by atoms with van der Waals surface area (Å²) >= 11 is 0. The number of hydrogen-bond acceptors (Lipinski definition) is 5. The van der Waals surface area contributed by atoms with Gasteiger partial charge in [-0.1, -0.05) is 6.07 Å². The third kappa shape index (κ3) is 1.82. The van der Waals surface area contributed by atoms with Gasteiger partial charge in [-0.05, 0) is 24.1 Å². The van der Waals surface area contributed by atoms with E-state index in [1.54, 1.807) is 0 Å². The number of rotatable bonds is 1. The van der Waals surface area contributed by atoms with Crippen molar-refractivity contribution in [1.82, 2.24) is 5.32 Å². The Morgan fingerprint density at radius 2 is 2.00 bits per heavy atom. The normalized spacial score (nSPS) is 27.7. The number of carbonyl (C=O) groups is 2. The fraction of sp³-hybridized carbons (Fsp3) is 0.467. The lowest BCUT2D eigenvalue weighted by molar-refractivity contribution is -0.131. The summed E-state index contributed by atoms with van der Waals surface area (Å²) in [5, 5.41) is 2.24. The van der Waals surface area contributed by atoms with E-state index >= 15 is 0 Å². The van der Waals surface area contributed by atoms with Gasteiger partial charge < -0.3 is 14.4 Å². The van der Waals surface area contributed by atoms with Crippen LogP contribution in [0.1, 0.15) is 17.5 Å². The Morgan fingerprint density at radius 1 is 1.19 bits per heavy atom. The smallest absolute Gasteiger partial charge is 0.415 e. The molecule has 2 aliphatic heterocycles. The number of morpholine rings is 1. The van der Waals surface area contributed by atoms with Crippen molar-refractivity contribution in [3.8, 4) is 0 Å². The Morgan fingerprint density at radius 3 is 2.71 bits per heavy atom. The van der Waals surface area contributed by atoms with Crippen molar-refractivity contribution in [2.24, 2.45) is 0 Å². The van der Waals surface area contributed by atoms with Crippen LogP contribution in [0.15, 0.2) is 18.2 Å². The van der Waals surface area contributed by atoms with Crippen molar-refractivity contribution in [3.63, 3.8) is 0 Å². The maximum Gasteiger partial charge on any atom is 0.415 e. The van der Waals surface area contributed by atoms with E-state index < -0.39 is 11.7 Å². The molecule has 0 unspecified atom stereocenters. The number of aryl methyl sites for hydroxylation is 1. The Hall–Kier alpha value is -2.08. The largest absolute Gasteiger partial charge is 0.427 e. The number of alkyl carbamates (subject to hydrolysis) is 1. The number of nitrogens with zero attached hydrogens (tertiary/aromatic N) is 1. The lowest BCUT2D eigenvalue weighted by atomic mass is 9.95. The van der Waals surface area contributed by atoms with Gasteiger partial charge in [0.05, 0.1) is 13.2 Å². The molecule has 1 aromatic carbocycles. The fourth-order valence-electron chi connectivity index (χ4n) is 3.41. The number of carbonyl (C=O) groups excluding carboxylic acids is 2. The van der Waals surface area contributed by atoms with Gasteiger partial charge in [-0.3, -0.25) is 10.1 Å². The SMILES string of the molecule is O=C1NC(=O)[C@@]2(CCc3cc(N4CCOCC4)ccc32)O1. The number of amides is 2. The van der Waals surface area contributed by atoms with Gasteiger partial charge in [0, 0.05) is 30.8 Å². The Balaban J connectivity index is 1.69. The van der Waals surface area contributed by atoms with Gasteiger partial charge >= 0.3 is 6.09 Å². The molecule has 2 amide bonds. The molecule has 1 spiro atoms. The van der Waals surface area contributed by atoms with Crippen LogP contribution in [0.25, 0.3) is 0 Å². The molecule has 2 saturated heterocycles. The minimum atomic E-state index is -1.10. The van der Waals surface area contributed by atoms with E-state index in [4.69, 9.17) is 9.47 Å². The highest BCUT2D eigenvalue weighted by Gasteiger charge is 2.54. The summed E-state index contributed by atoms with van der Waals surface area (Å²) in [5.74, 6) is -0.342. The van der Waals surface area contributed by atoms with Crippen LogP contribution in [0, 0.1) is 0 Å². The summed E-state index contributed by atoms with van der Waals surface area (Å²) in [7, 11) is 0. The molecule has 3 aliphatic rings. The topological polar surface area (TPSA) is 67.9 Å². The summed E-state index contributed by atoms with van der Waals surface area (Å²) in [6.07, 6.45) is 0.617. The van der Waals surface area contributed by atoms with E-state index in [-0.39, 0.29) is 5.91 Å². The van der Waals surface area contributed by atoms with Gasteiger partial charge in [0.25, 0.3) is 5.91 Å². The molecular weight excluding hydrogens is 272 g/mol. The average Bonchev–Trinajstić information content (AvgIpc) is 3.01. The standard InChI is InChI=1S/C15H16N2O4/c18-13-15(21-14(19)16-13)4-3-10-9-11(1-2-12(10)15)17-5-7-20-8-6-17/h1-2,9H,3-8H2,(H,16,18,19)/t15-/m0/s1. The van der Waals surface area contributed by atoms with Crippen LogP contribution in [0.3, 0.4) is 0 Å². The Labute approximate surface area is 122 Å². The highest BCUT2D eigenvalue weighted by molar-refractivity contribution is 6.04. The minimum absolute atomic E-state index is 0.342. The first-order chi connectivity index (χ1) is 10.2. The van der Waals surface area contributed by atoms with E-state index in [1.807, 2.05) is 12.1 Å². The van der Waals surface area contributed by atoms with Gasteiger partial charge in [-0.25, -0.2) is 4.79 Å². The third-order valence-electron chi connectivity index (χ3n) is 4.50. The van der Waals surface area contributed by atoms with E-state index in [0.29, 0.717) is 6.42 Å². The fourth-order valence-corrected chi connectivity index (χ4v) is 3.41. The third-order valence-corrected chi connectivity index (χ3v) is 4.50. The molecular formula is C15H16N2O4. The molecule has 0 saturated carbocycles. The van der Waals surface area contributed by atoms with Crippen molar-refractivity contribution in [2.75, 3.05) is 31.2 Å². The Bertz CT molecular complexity index is 624. The first-order valence-electron chi connectivity index (χ1n) is 7.20. The van der Waals surface area contributed by atoms with Crippen LogP contribution in [0.5, 0.6) is 0 Å². The van der Waals surface area contributed by atoms with E-state index in [2.05, 4.69) is 16.3 Å². The van der Waals surface area contributed by atoms with Gasteiger partial charge in [0.15, 0.2) is 0 Å². The second-order valence-corrected chi connectivity index (χ2v) is 5.61. The van der Waals surface area contributed by atoms with Gasteiger partial charge in [-0.2, -0.15) is 0 Å². The maximum atomic E-state index is 12.1. The second kappa shape index (κ2) is 4.46. The van der Waals surface area contributed by atoms with E-state index in [0.717, 1.165) is 49.5 Å². The molecule has 0 aromatic heterocycles. The Kier molecular flexibility index (Phi) is 2.68. The minimum Gasteiger partial charge on any atom is -0.427 e. The maximum absolute atomic E-state index is 12.1. The van der Waals surface area contributed by atoms with Crippen LogP contribution in [-0.4, -0.2) is 38.3 Å². The summed E-state index contributed by atoms with van der Waals surface area (Å²) in [6.45, 7) is 3.22. The molecule has 1 atom stereocenters. The monoisotopic (exact) mass is 288 g/mol. The van der Waals surface area contributed by atoms with Crippen molar-refractivity contribution in [3.05, 3.63) is 29.3 Å². The predicted octanol–water partition coefficient (Wildman–Crippen LogP) is 0.931. The summed E-state index contributed by atoms with van der Waals surface area (Å²) in [4.78, 5) is 25.7. The second-order valence-electron chi connectivity index (χ2n) is 5.61. The molecule has 2 fully saturated rings.